The fourth-order valence-electron chi connectivity index (χ4n) is 1.67. The summed E-state index contributed by atoms with van der Waals surface area (Å²) in [7, 11) is 0. The Morgan fingerprint density at radius 1 is 1.35 bits per heavy atom. The summed E-state index contributed by atoms with van der Waals surface area (Å²) in [6, 6.07) is 6.75. The molecular formula is C14H13N5O. The van der Waals surface area contributed by atoms with Crippen LogP contribution in [0.25, 0.3) is 11.4 Å². The van der Waals surface area contributed by atoms with E-state index >= 15 is 0 Å². The highest BCUT2D eigenvalue weighted by molar-refractivity contribution is 5.64. The maximum absolute atomic E-state index is 9.85. The van der Waals surface area contributed by atoms with Gasteiger partial charge in [0.1, 0.15) is 11.6 Å². The molecule has 100 valence electrons. The molecule has 0 fully saturated rings. The second-order valence-electron chi connectivity index (χ2n) is 4.02. The molecule has 0 amide bonds. The van der Waals surface area contributed by atoms with Gasteiger partial charge in [-0.3, -0.25) is 0 Å². The van der Waals surface area contributed by atoms with Crippen molar-refractivity contribution in [3.63, 3.8) is 0 Å². The van der Waals surface area contributed by atoms with E-state index < -0.39 is 0 Å². The number of rotatable bonds is 4. The molecule has 0 aliphatic heterocycles. The molecule has 0 bridgehead atoms. The number of hydrogen-bond acceptors (Lipinski definition) is 6. The fraction of sp³-hybridized carbons (Fsp3) is 0.143. The number of phenols is 1. The predicted molar refractivity (Wildman–Crippen MR) is 74.8 cm³/mol. The zero-order valence-corrected chi connectivity index (χ0v) is 11.0. The average molecular weight is 267 g/mol. The quantitative estimate of drug-likeness (QED) is 0.518. The number of aromatic nitrogens is 3. The summed E-state index contributed by atoms with van der Waals surface area (Å²) in [4.78, 5) is 13.9. The van der Waals surface area contributed by atoms with Crippen LogP contribution in [0.3, 0.4) is 0 Å². The first-order valence-corrected chi connectivity index (χ1v) is 5.95. The van der Waals surface area contributed by atoms with Crippen LogP contribution >= 0.6 is 0 Å². The van der Waals surface area contributed by atoms with Gasteiger partial charge in [-0.05, 0) is 19.1 Å². The van der Waals surface area contributed by atoms with Crippen LogP contribution in [0.1, 0.15) is 5.82 Å². The lowest BCUT2D eigenvalue weighted by molar-refractivity contribution is 0.477. The largest absolute Gasteiger partial charge is 0.507 e. The van der Waals surface area contributed by atoms with Gasteiger partial charge in [0, 0.05) is 0 Å². The highest BCUT2D eigenvalue weighted by Gasteiger charge is 2.13. The van der Waals surface area contributed by atoms with Gasteiger partial charge in [0.15, 0.2) is 12.0 Å². The second kappa shape index (κ2) is 5.80. The van der Waals surface area contributed by atoms with Crippen LogP contribution in [0.15, 0.2) is 36.9 Å². The van der Waals surface area contributed by atoms with Crippen LogP contribution in [0, 0.1) is 18.4 Å². The summed E-state index contributed by atoms with van der Waals surface area (Å²) in [5, 5.41) is 18.9. The third kappa shape index (κ3) is 2.72. The molecule has 2 aromatic rings. The van der Waals surface area contributed by atoms with Crippen molar-refractivity contribution >= 4 is 5.95 Å². The molecule has 1 aromatic heterocycles. The van der Waals surface area contributed by atoms with Gasteiger partial charge in [-0.25, -0.2) is 9.88 Å². The normalized spacial score (nSPS) is 9.80. The van der Waals surface area contributed by atoms with Gasteiger partial charge < -0.3 is 5.11 Å². The van der Waals surface area contributed by atoms with Gasteiger partial charge in [-0.15, -0.1) is 6.58 Å². The molecule has 0 aliphatic carbocycles. The summed E-state index contributed by atoms with van der Waals surface area (Å²) < 4.78 is 0. The predicted octanol–water partition coefficient (Wildman–Crippen LogP) is 2.03. The molecule has 0 atom stereocenters. The van der Waals surface area contributed by atoms with Crippen LogP contribution in [0.5, 0.6) is 5.75 Å². The molecule has 1 aromatic carbocycles. The first-order chi connectivity index (χ1) is 9.65. The first kappa shape index (κ1) is 13.5. The number of nitriles is 1. The molecule has 1 N–H and O–H groups in total. The van der Waals surface area contributed by atoms with Crippen LogP contribution in [0.2, 0.25) is 0 Å². The lowest BCUT2D eigenvalue weighted by atomic mass is 10.2. The Morgan fingerprint density at radius 3 is 2.75 bits per heavy atom. The molecule has 20 heavy (non-hydrogen) atoms. The summed E-state index contributed by atoms with van der Waals surface area (Å²) in [5.41, 5.74) is 0.496. The standard InChI is InChI=1S/C14H13N5O/c1-3-8-19(9-15)14-17-10(2)16-13(18-14)11-6-4-5-7-12(11)20/h3-7,20H,1,8H2,2H3. The van der Waals surface area contributed by atoms with Gasteiger partial charge in [0.25, 0.3) is 0 Å². The molecule has 1 heterocycles. The molecule has 0 spiro atoms. The first-order valence-electron chi connectivity index (χ1n) is 5.95. The van der Waals surface area contributed by atoms with Crippen LogP contribution in [0.4, 0.5) is 5.95 Å². The Labute approximate surface area is 116 Å². The molecule has 0 saturated heterocycles. The Morgan fingerprint density at radius 2 is 2.10 bits per heavy atom. The third-order valence-electron chi connectivity index (χ3n) is 2.55. The van der Waals surface area contributed by atoms with Crippen LogP contribution < -0.4 is 4.90 Å². The topological polar surface area (TPSA) is 85.9 Å². The highest BCUT2D eigenvalue weighted by Crippen LogP contribution is 2.26. The van der Waals surface area contributed by atoms with E-state index in [2.05, 4.69) is 21.5 Å². The number of hydrogen-bond donors (Lipinski definition) is 1. The van der Waals surface area contributed by atoms with Gasteiger partial charge in [-0.2, -0.15) is 15.2 Å². The summed E-state index contributed by atoms with van der Waals surface area (Å²) >= 11 is 0. The zero-order valence-electron chi connectivity index (χ0n) is 11.0. The maximum Gasteiger partial charge on any atom is 0.242 e. The highest BCUT2D eigenvalue weighted by atomic mass is 16.3. The molecular weight excluding hydrogens is 254 g/mol. The number of benzene rings is 1. The van der Waals surface area contributed by atoms with Crippen molar-refractivity contribution in [2.24, 2.45) is 0 Å². The third-order valence-corrected chi connectivity index (χ3v) is 2.55. The summed E-state index contributed by atoms with van der Waals surface area (Å²) in [5.74, 6) is 1.11. The van der Waals surface area contributed by atoms with Crippen LogP contribution in [-0.2, 0) is 0 Å². The number of phenolic OH excluding ortho intramolecular Hbond substituents is 1. The lowest BCUT2D eigenvalue weighted by Crippen LogP contribution is -2.20. The molecule has 0 radical (unpaired) electrons. The molecule has 6 nitrogen and oxygen atoms in total. The van der Waals surface area contributed by atoms with E-state index in [1.165, 1.54) is 4.90 Å². The number of aromatic hydroxyl groups is 1. The van der Waals surface area contributed by atoms with Crippen molar-refractivity contribution in [2.75, 3.05) is 11.4 Å². The Hall–Kier alpha value is -2.94. The van der Waals surface area contributed by atoms with Crippen molar-refractivity contribution in [3.05, 3.63) is 42.7 Å². The number of nitrogens with zero attached hydrogens (tertiary/aromatic N) is 5. The second-order valence-corrected chi connectivity index (χ2v) is 4.02. The number of anilines is 1. The Bertz CT molecular complexity index is 678. The van der Waals surface area contributed by atoms with Crippen molar-refractivity contribution in [1.29, 1.82) is 5.26 Å². The van der Waals surface area contributed by atoms with Gasteiger partial charge in [0.05, 0.1) is 12.1 Å². The minimum absolute atomic E-state index is 0.0799. The summed E-state index contributed by atoms with van der Waals surface area (Å²) in [6.45, 7) is 5.60. The molecule has 2 rings (SSSR count). The van der Waals surface area contributed by atoms with Crippen LogP contribution in [-0.4, -0.2) is 26.6 Å². The minimum atomic E-state index is 0.0799. The molecule has 0 saturated carbocycles. The van der Waals surface area contributed by atoms with Crippen molar-refractivity contribution in [3.8, 4) is 23.3 Å². The van der Waals surface area contributed by atoms with Gasteiger partial charge in [0.2, 0.25) is 5.95 Å². The van der Waals surface area contributed by atoms with Gasteiger partial charge >= 0.3 is 0 Å². The van der Waals surface area contributed by atoms with E-state index in [1.807, 2.05) is 6.19 Å². The molecule has 0 aliphatic rings. The van der Waals surface area contributed by atoms with Crippen molar-refractivity contribution in [1.82, 2.24) is 15.0 Å². The van der Waals surface area contributed by atoms with E-state index in [9.17, 15) is 5.11 Å². The number of para-hydroxylation sites is 1. The van der Waals surface area contributed by atoms with E-state index in [0.29, 0.717) is 23.8 Å². The SMILES string of the molecule is C=CCN(C#N)c1nc(C)nc(-c2ccccc2O)n1. The fourth-order valence-corrected chi connectivity index (χ4v) is 1.67. The smallest absolute Gasteiger partial charge is 0.242 e. The summed E-state index contributed by atoms with van der Waals surface area (Å²) in [6.07, 6.45) is 3.57. The van der Waals surface area contributed by atoms with E-state index in [-0.39, 0.29) is 11.7 Å². The van der Waals surface area contributed by atoms with Gasteiger partial charge in [-0.1, -0.05) is 18.2 Å². The maximum atomic E-state index is 9.85. The molecule has 6 heteroatoms. The van der Waals surface area contributed by atoms with E-state index in [4.69, 9.17) is 5.26 Å². The van der Waals surface area contributed by atoms with E-state index in [1.54, 1.807) is 37.3 Å². The van der Waals surface area contributed by atoms with Crippen molar-refractivity contribution < 1.29 is 5.11 Å². The monoisotopic (exact) mass is 267 g/mol. The lowest BCUT2D eigenvalue weighted by Gasteiger charge is -2.12. The Balaban J connectivity index is 2.52. The van der Waals surface area contributed by atoms with E-state index in [0.717, 1.165) is 0 Å². The van der Waals surface area contributed by atoms with Crippen molar-refractivity contribution in [2.45, 2.75) is 6.92 Å². The Kier molecular flexibility index (Phi) is 3.91. The average Bonchev–Trinajstić information content (AvgIpc) is 2.44. The number of aryl methyl sites for hydroxylation is 1. The minimum Gasteiger partial charge on any atom is -0.507 e. The molecule has 0 unspecified atom stereocenters. The zero-order chi connectivity index (χ0) is 14.5.